The first-order chi connectivity index (χ1) is 7.09. The van der Waals surface area contributed by atoms with E-state index in [-0.39, 0.29) is 12.3 Å². The summed E-state index contributed by atoms with van der Waals surface area (Å²) in [5.74, 6) is -1.04. The molecule has 0 aromatic heterocycles. The Balaban J connectivity index is 2.15. The van der Waals surface area contributed by atoms with E-state index in [1.807, 2.05) is 0 Å². The molecule has 0 aliphatic heterocycles. The second kappa shape index (κ2) is 5.73. The predicted octanol–water partition coefficient (Wildman–Crippen LogP) is 1.40. The highest BCUT2D eigenvalue weighted by Gasteiger charge is 2.18. The lowest BCUT2D eigenvalue weighted by molar-refractivity contribution is -0.143. The lowest BCUT2D eigenvalue weighted by Gasteiger charge is -2.11. The highest BCUT2D eigenvalue weighted by atomic mass is 16.4. The third-order valence-corrected chi connectivity index (χ3v) is 2.98. The maximum Gasteiger partial charge on any atom is 0.306 e. The van der Waals surface area contributed by atoms with Gasteiger partial charge >= 0.3 is 5.97 Å². The van der Waals surface area contributed by atoms with Gasteiger partial charge in [0.2, 0.25) is 5.91 Å². The van der Waals surface area contributed by atoms with Crippen LogP contribution in [0.25, 0.3) is 0 Å². The summed E-state index contributed by atoms with van der Waals surface area (Å²) in [5, 5.41) is 11.4. The molecule has 2 N–H and O–H groups in total. The Bertz CT molecular complexity index is 234. The maximum absolute atomic E-state index is 11.3. The Morgan fingerprint density at radius 2 is 2.00 bits per heavy atom. The fourth-order valence-electron chi connectivity index (χ4n) is 1.91. The second-order valence-corrected chi connectivity index (χ2v) is 4.40. The van der Waals surface area contributed by atoms with E-state index < -0.39 is 11.9 Å². The monoisotopic (exact) mass is 213 g/mol. The van der Waals surface area contributed by atoms with Gasteiger partial charge in [-0.3, -0.25) is 9.59 Å². The predicted molar refractivity (Wildman–Crippen MR) is 56.4 cm³/mol. The number of carboxylic acids is 1. The zero-order valence-corrected chi connectivity index (χ0v) is 9.16. The van der Waals surface area contributed by atoms with Crippen molar-refractivity contribution in [1.82, 2.24) is 5.32 Å². The van der Waals surface area contributed by atoms with E-state index in [9.17, 15) is 9.59 Å². The van der Waals surface area contributed by atoms with Crippen LogP contribution in [0.2, 0.25) is 0 Å². The molecule has 1 rings (SSSR count). The number of amides is 1. The van der Waals surface area contributed by atoms with E-state index in [4.69, 9.17) is 5.11 Å². The van der Waals surface area contributed by atoms with E-state index in [1.165, 1.54) is 25.7 Å². The molecule has 4 heteroatoms. The molecule has 1 aliphatic rings. The lowest BCUT2D eigenvalue weighted by Crippen LogP contribution is -2.30. The van der Waals surface area contributed by atoms with Crippen molar-refractivity contribution in [1.29, 1.82) is 0 Å². The summed E-state index contributed by atoms with van der Waals surface area (Å²) in [7, 11) is 0. The summed E-state index contributed by atoms with van der Waals surface area (Å²) in [4.78, 5) is 21.9. The van der Waals surface area contributed by atoms with Crippen LogP contribution >= 0.6 is 0 Å². The second-order valence-electron chi connectivity index (χ2n) is 4.40. The van der Waals surface area contributed by atoms with Crippen molar-refractivity contribution in [3.8, 4) is 0 Å². The Hall–Kier alpha value is -1.06. The molecule has 1 aliphatic carbocycles. The molecule has 0 radical (unpaired) electrons. The number of rotatable bonds is 5. The minimum Gasteiger partial charge on any atom is -0.481 e. The van der Waals surface area contributed by atoms with Gasteiger partial charge in [0.05, 0.1) is 5.92 Å². The summed E-state index contributed by atoms with van der Waals surface area (Å²) in [6, 6.07) is 0. The van der Waals surface area contributed by atoms with Crippen molar-refractivity contribution < 1.29 is 14.7 Å². The van der Waals surface area contributed by atoms with Gasteiger partial charge in [0, 0.05) is 13.0 Å². The molecule has 1 amide bonds. The zero-order valence-electron chi connectivity index (χ0n) is 9.16. The van der Waals surface area contributed by atoms with Gasteiger partial charge in [0.25, 0.3) is 0 Å². The van der Waals surface area contributed by atoms with Crippen LogP contribution in [0, 0.1) is 11.8 Å². The van der Waals surface area contributed by atoms with Crippen LogP contribution in [0.15, 0.2) is 0 Å². The Kier molecular flexibility index (Phi) is 4.59. The van der Waals surface area contributed by atoms with Gasteiger partial charge in [-0.2, -0.15) is 0 Å². The van der Waals surface area contributed by atoms with Crippen LogP contribution < -0.4 is 5.32 Å². The standard InChI is InChI=1S/C11H19NO3/c1-8(11(14)15)6-10(13)12-7-9-4-2-3-5-9/h8-9H,2-7H2,1H3,(H,12,13)(H,14,15). The molecule has 0 heterocycles. The first-order valence-electron chi connectivity index (χ1n) is 5.59. The van der Waals surface area contributed by atoms with E-state index in [0.29, 0.717) is 12.5 Å². The van der Waals surface area contributed by atoms with Crippen molar-refractivity contribution in [2.45, 2.75) is 39.0 Å². The maximum atomic E-state index is 11.3. The van der Waals surface area contributed by atoms with Gasteiger partial charge < -0.3 is 10.4 Å². The van der Waals surface area contributed by atoms with Crippen molar-refractivity contribution in [3.63, 3.8) is 0 Å². The van der Waals surface area contributed by atoms with Crippen molar-refractivity contribution >= 4 is 11.9 Å². The van der Waals surface area contributed by atoms with Crippen LogP contribution in [0.4, 0.5) is 0 Å². The molecule has 0 saturated heterocycles. The topological polar surface area (TPSA) is 66.4 Å². The van der Waals surface area contributed by atoms with Crippen molar-refractivity contribution in [2.24, 2.45) is 11.8 Å². The number of carbonyl (C=O) groups excluding carboxylic acids is 1. The van der Waals surface area contributed by atoms with Crippen LogP contribution in [-0.2, 0) is 9.59 Å². The van der Waals surface area contributed by atoms with Crippen LogP contribution in [0.1, 0.15) is 39.0 Å². The normalized spacial score (nSPS) is 18.7. The molecule has 1 unspecified atom stereocenters. The SMILES string of the molecule is CC(CC(=O)NCC1CCCC1)C(=O)O. The minimum absolute atomic E-state index is 0.0854. The smallest absolute Gasteiger partial charge is 0.306 e. The molecular formula is C11H19NO3. The van der Waals surface area contributed by atoms with Gasteiger partial charge in [-0.25, -0.2) is 0 Å². The largest absolute Gasteiger partial charge is 0.481 e. The number of hydrogen-bond donors (Lipinski definition) is 2. The van der Waals surface area contributed by atoms with Gasteiger partial charge in [-0.05, 0) is 18.8 Å². The van der Waals surface area contributed by atoms with Crippen molar-refractivity contribution in [2.75, 3.05) is 6.54 Å². The van der Waals surface area contributed by atoms with E-state index in [2.05, 4.69) is 5.32 Å². The Morgan fingerprint density at radius 1 is 1.40 bits per heavy atom. The first kappa shape index (κ1) is 12.0. The average molecular weight is 213 g/mol. The molecule has 15 heavy (non-hydrogen) atoms. The van der Waals surface area contributed by atoms with Gasteiger partial charge in [-0.15, -0.1) is 0 Å². The fourth-order valence-corrected chi connectivity index (χ4v) is 1.91. The van der Waals surface area contributed by atoms with E-state index in [0.717, 1.165) is 0 Å². The summed E-state index contributed by atoms with van der Waals surface area (Å²) >= 11 is 0. The molecule has 1 saturated carbocycles. The van der Waals surface area contributed by atoms with Gasteiger partial charge in [0.15, 0.2) is 0 Å². The van der Waals surface area contributed by atoms with Crippen molar-refractivity contribution in [3.05, 3.63) is 0 Å². The Morgan fingerprint density at radius 3 is 2.53 bits per heavy atom. The molecule has 0 spiro atoms. The highest BCUT2D eigenvalue weighted by Crippen LogP contribution is 2.23. The van der Waals surface area contributed by atoms with Gasteiger partial charge in [0.1, 0.15) is 0 Å². The molecule has 0 bridgehead atoms. The highest BCUT2D eigenvalue weighted by molar-refractivity contribution is 5.81. The zero-order chi connectivity index (χ0) is 11.3. The molecule has 0 aromatic rings. The number of aliphatic carboxylic acids is 1. The number of carbonyl (C=O) groups is 2. The molecule has 86 valence electrons. The third kappa shape index (κ3) is 4.32. The van der Waals surface area contributed by atoms with Crippen LogP contribution in [0.3, 0.4) is 0 Å². The van der Waals surface area contributed by atoms with Gasteiger partial charge in [-0.1, -0.05) is 19.8 Å². The number of nitrogens with one attached hydrogen (secondary N) is 1. The average Bonchev–Trinajstić information content (AvgIpc) is 2.66. The first-order valence-corrected chi connectivity index (χ1v) is 5.59. The van der Waals surface area contributed by atoms with Crippen LogP contribution in [0.5, 0.6) is 0 Å². The fraction of sp³-hybridized carbons (Fsp3) is 0.818. The quantitative estimate of drug-likeness (QED) is 0.725. The molecule has 1 fully saturated rings. The molecular weight excluding hydrogens is 194 g/mol. The summed E-state index contributed by atoms with van der Waals surface area (Å²) < 4.78 is 0. The summed E-state index contributed by atoms with van der Waals surface area (Å²) in [6.07, 6.45) is 4.98. The molecule has 0 aromatic carbocycles. The Labute approximate surface area is 90.0 Å². The summed E-state index contributed by atoms with van der Waals surface area (Å²) in [5.41, 5.74) is 0. The third-order valence-electron chi connectivity index (χ3n) is 2.98. The number of hydrogen-bond acceptors (Lipinski definition) is 2. The number of carboxylic acid groups (broad SMARTS) is 1. The molecule has 4 nitrogen and oxygen atoms in total. The summed E-state index contributed by atoms with van der Waals surface area (Å²) in [6.45, 7) is 2.27. The van der Waals surface area contributed by atoms with E-state index >= 15 is 0 Å². The minimum atomic E-state index is -0.911. The van der Waals surface area contributed by atoms with E-state index in [1.54, 1.807) is 6.92 Å². The molecule has 1 atom stereocenters. The lowest BCUT2D eigenvalue weighted by atomic mass is 10.1. The van der Waals surface area contributed by atoms with Crippen LogP contribution in [-0.4, -0.2) is 23.5 Å².